The fraction of sp³-hybridized carbons (Fsp3) is 0.571. The molecule has 1 heterocycles. The molecule has 1 atom stereocenters. The standard InChI is InChI=1S/C7H12O2Si/c1-10(2,3)6-4-5-9-7(6)8/h4-6H,1-3H3. The number of ether oxygens (including phenoxy) is 1. The minimum absolute atomic E-state index is 0.0702. The monoisotopic (exact) mass is 156 g/mol. The lowest BCUT2D eigenvalue weighted by Crippen LogP contribution is -2.30. The predicted octanol–water partition coefficient (Wildman–Crippen LogP) is 1.77. The Morgan fingerprint density at radius 2 is 2.10 bits per heavy atom. The van der Waals surface area contributed by atoms with E-state index in [2.05, 4.69) is 19.6 Å². The molecule has 1 rings (SSSR count). The van der Waals surface area contributed by atoms with Crippen LogP contribution in [0.4, 0.5) is 0 Å². The molecule has 0 radical (unpaired) electrons. The topological polar surface area (TPSA) is 26.3 Å². The first-order valence-electron chi connectivity index (χ1n) is 3.39. The lowest BCUT2D eigenvalue weighted by atomic mass is 10.4. The average Bonchev–Trinajstić information content (AvgIpc) is 2.11. The van der Waals surface area contributed by atoms with Crippen molar-refractivity contribution in [3.63, 3.8) is 0 Å². The molecule has 0 bridgehead atoms. The van der Waals surface area contributed by atoms with Crippen LogP contribution in [-0.2, 0) is 9.53 Å². The summed E-state index contributed by atoms with van der Waals surface area (Å²) >= 11 is 0. The van der Waals surface area contributed by atoms with Gasteiger partial charge in [-0.3, -0.25) is 4.79 Å². The Balaban J connectivity index is 2.73. The van der Waals surface area contributed by atoms with Gasteiger partial charge in [0.1, 0.15) is 0 Å². The Bertz CT molecular complexity index is 179. The third kappa shape index (κ3) is 1.29. The molecule has 0 aromatic carbocycles. The van der Waals surface area contributed by atoms with Crippen molar-refractivity contribution in [3.05, 3.63) is 12.3 Å². The molecule has 0 saturated carbocycles. The average molecular weight is 156 g/mol. The largest absolute Gasteiger partial charge is 0.435 e. The number of cyclic esters (lactones) is 1. The van der Waals surface area contributed by atoms with Crippen LogP contribution in [0.15, 0.2) is 12.3 Å². The quantitative estimate of drug-likeness (QED) is 0.427. The first-order chi connectivity index (χ1) is 4.52. The van der Waals surface area contributed by atoms with E-state index in [4.69, 9.17) is 4.74 Å². The van der Waals surface area contributed by atoms with E-state index >= 15 is 0 Å². The van der Waals surface area contributed by atoms with Gasteiger partial charge >= 0.3 is 5.97 Å². The van der Waals surface area contributed by atoms with Gasteiger partial charge in [-0.1, -0.05) is 19.6 Å². The maximum absolute atomic E-state index is 11.0. The second-order valence-corrected chi connectivity index (χ2v) is 8.96. The Hall–Kier alpha value is -0.573. The molecular weight excluding hydrogens is 144 g/mol. The molecule has 0 aromatic heterocycles. The molecule has 56 valence electrons. The van der Waals surface area contributed by atoms with Crippen LogP contribution in [0.5, 0.6) is 0 Å². The number of carbonyl (C=O) groups excluding carboxylic acids is 1. The molecule has 0 aliphatic carbocycles. The number of esters is 1. The molecule has 0 amide bonds. The van der Waals surface area contributed by atoms with E-state index in [0.29, 0.717) is 0 Å². The summed E-state index contributed by atoms with van der Waals surface area (Å²) in [6.07, 6.45) is 3.37. The van der Waals surface area contributed by atoms with Crippen molar-refractivity contribution in [1.82, 2.24) is 0 Å². The molecule has 3 heteroatoms. The highest BCUT2D eigenvalue weighted by Gasteiger charge is 2.34. The van der Waals surface area contributed by atoms with Gasteiger partial charge in [0.15, 0.2) is 0 Å². The second-order valence-electron chi connectivity index (χ2n) is 3.61. The Labute approximate surface area is 61.9 Å². The fourth-order valence-electron chi connectivity index (χ4n) is 0.979. The first-order valence-corrected chi connectivity index (χ1v) is 6.97. The molecule has 0 saturated heterocycles. The summed E-state index contributed by atoms with van der Waals surface area (Å²) in [6.45, 7) is 6.48. The van der Waals surface area contributed by atoms with Gasteiger partial charge in [-0.05, 0) is 6.08 Å². The van der Waals surface area contributed by atoms with E-state index in [1.54, 1.807) is 0 Å². The molecule has 2 nitrogen and oxygen atoms in total. The summed E-state index contributed by atoms with van der Waals surface area (Å²) in [5.41, 5.74) is 0.0764. The van der Waals surface area contributed by atoms with E-state index in [9.17, 15) is 4.79 Å². The SMILES string of the molecule is C[Si](C)(C)C1C=COC1=O. The highest BCUT2D eigenvalue weighted by Crippen LogP contribution is 2.28. The van der Waals surface area contributed by atoms with Gasteiger partial charge in [0.25, 0.3) is 0 Å². The van der Waals surface area contributed by atoms with E-state index in [1.807, 2.05) is 6.08 Å². The van der Waals surface area contributed by atoms with Crippen LogP contribution < -0.4 is 0 Å². The van der Waals surface area contributed by atoms with Crippen molar-refractivity contribution < 1.29 is 9.53 Å². The van der Waals surface area contributed by atoms with E-state index in [0.717, 1.165) is 0 Å². The predicted molar refractivity (Wildman–Crippen MR) is 42.3 cm³/mol. The Morgan fingerprint density at radius 3 is 2.30 bits per heavy atom. The van der Waals surface area contributed by atoms with Crippen LogP contribution in [0.3, 0.4) is 0 Å². The maximum Gasteiger partial charge on any atom is 0.314 e. The van der Waals surface area contributed by atoms with Gasteiger partial charge < -0.3 is 4.74 Å². The van der Waals surface area contributed by atoms with Crippen molar-refractivity contribution in [2.24, 2.45) is 0 Å². The number of hydrogen-bond acceptors (Lipinski definition) is 2. The van der Waals surface area contributed by atoms with Gasteiger partial charge in [-0.15, -0.1) is 0 Å². The minimum atomic E-state index is -1.35. The van der Waals surface area contributed by atoms with Crippen molar-refractivity contribution >= 4 is 14.0 Å². The van der Waals surface area contributed by atoms with E-state index in [1.165, 1.54) is 6.26 Å². The molecule has 0 spiro atoms. The van der Waals surface area contributed by atoms with Crippen molar-refractivity contribution in [1.29, 1.82) is 0 Å². The van der Waals surface area contributed by atoms with E-state index < -0.39 is 8.07 Å². The zero-order chi connectivity index (χ0) is 7.78. The molecule has 1 aliphatic rings. The summed E-state index contributed by atoms with van der Waals surface area (Å²) in [6, 6.07) is 0. The fourth-order valence-corrected chi connectivity index (χ4v) is 2.41. The summed E-state index contributed by atoms with van der Waals surface area (Å²) in [5, 5.41) is 0. The number of hydrogen-bond donors (Lipinski definition) is 0. The Morgan fingerprint density at radius 1 is 1.50 bits per heavy atom. The van der Waals surface area contributed by atoms with Crippen LogP contribution in [-0.4, -0.2) is 14.0 Å². The smallest absolute Gasteiger partial charge is 0.314 e. The molecular formula is C7H12O2Si. The van der Waals surface area contributed by atoms with Crippen LogP contribution in [0.25, 0.3) is 0 Å². The van der Waals surface area contributed by atoms with Gasteiger partial charge in [0.2, 0.25) is 0 Å². The van der Waals surface area contributed by atoms with Gasteiger partial charge in [0.05, 0.1) is 19.9 Å². The molecule has 1 unspecified atom stereocenters. The number of rotatable bonds is 1. The van der Waals surface area contributed by atoms with Crippen molar-refractivity contribution in [2.75, 3.05) is 0 Å². The maximum atomic E-state index is 11.0. The minimum Gasteiger partial charge on any atom is -0.435 e. The summed E-state index contributed by atoms with van der Waals surface area (Å²) < 4.78 is 4.71. The number of carbonyl (C=O) groups is 1. The van der Waals surface area contributed by atoms with Gasteiger partial charge in [0, 0.05) is 0 Å². The highest BCUT2D eigenvalue weighted by atomic mass is 28.3. The third-order valence-corrected chi connectivity index (χ3v) is 3.94. The zero-order valence-corrected chi connectivity index (χ0v) is 7.55. The van der Waals surface area contributed by atoms with Crippen LogP contribution in [0.1, 0.15) is 0 Å². The van der Waals surface area contributed by atoms with Crippen molar-refractivity contribution in [2.45, 2.75) is 25.2 Å². The molecule has 0 N–H and O–H groups in total. The lowest BCUT2D eigenvalue weighted by Gasteiger charge is -2.19. The van der Waals surface area contributed by atoms with Crippen LogP contribution >= 0.6 is 0 Å². The zero-order valence-electron chi connectivity index (χ0n) is 6.55. The van der Waals surface area contributed by atoms with Crippen LogP contribution in [0, 0.1) is 0 Å². The molecule has 1 aliphatic heterocycles. The normalized spacial score (nSPS) is 25.1. The Kier molecular flexibility index (Phi) is 1.68. The van der Waals surface area contributed by atoms with E-state index in [-0.39, 0.29) is 11.5 Å². The lowest BCUT2D eigenvalue weighted by molar-refractivity contribution is -0.135. The summed E-state index contributed by atoms with van der Waals surface area (Å²) in [7, 11) is -1.35. The third-order valence-electron chi connectivity index (χ3n) is 1.64. The van der Waals surface area contributed by atoms with Crippen LogP contribution in [0.2, 0.25) is 25.2 Å². The molecule has 10 heavy (non-hydrogen) atoms. The highest BCUT2D eigenvalue weighted by molar-refractivity contribution is 6.81. The van der Waals surface area contributed by atoms with Crippen molar-refractivity contribution in [3.8, 4) is 0 Å². The second kappa shape index (κ2) is 2.23. The molecule has 0 fully saturated rings. The van der Waals surface area contributed by atoms with Gasteiger partial charge in [-0.2, -0.15) is 0 Å². The first kappa shape index (κ1) is 7.53. The summed E-state index contributed by atoms with van der Waals surface area (Å²) in [5.74, 6) is -0.0702. The summed E-state index contributed by atoms with van der Waals surface area (Å²) in [4.78, 5) is 11.0. The molecule has 0 aromatic rings. The van der Waals surface area contributed by atoms with Gasteiger partial charge in [-0.25, -0.2) is 0 Å².